The zero-order chi connectivity index (χ0) is 12.4. The lowest BCUT2D eigenvalue weighted by Gasteiger charge is -2.16. The van der Waals surface area contributed by atoms with Crippen LogP contribution < -0.4 is 0 Å². The zero-order valence-corrected chi connectivity index (χ0v) is 9.94. The predicted octanol–water partition coefficient (Wildman–Crippen LogP) is 1.37. The lowest BCUT2D eigenvalue weighted by molar-refractivity contribution is 0.0787. The number of amides is 1. The van der Waals surface area contributed by atoms with Crippen molar-refractivity contribution in [2.45, 2.75) is 12.5 Å². The first kappa shape index (κ1) is 11.0. The molecule has 0 aliphatic carbocycles. The number of carbonyl (C=O) groups excluding carboxylic acids is 1. The third kappa shape index (κ3) is 1.99. The monoisotopic (exact) mass is 242 g/mol. The highest BCUT2D eigenvalue weighted by Gasteiger charge is 2.28. The summed E-state index contributed by atoms with van der Waals surface area (Å²) in [6, 6.07) is 9.64. The molecule has 0 bridgehead atoms. The summed E-state index contributed by atoms with van der Waals surface area (Å²) in [6.45, 7) is 1.48. The van der Waals surface area contributed by atoms with Gasteiger partial charge in [0.05, 0.1) is 12.2 Å². The van der Waals surface area contributed by atoms with Crippen molar-refractivity contribution >= 4 is 5.91 Å². The van der Waals surface area contributed by atoms with Crippen LogP contribution in [0.4, 0.5) is 0 Å². The molecule has 1 aliphatic rings. The van der Waals surface area contributed by atoms with Crippen molar-refractivity contribution in [1.29, 1.82) is 0 Å². The van der Waals surface area contributed by atoms with Gasteiger partial charge in [-0.25, -0.2) is 4.68 Å². The van der Waals surface area contributed by atoms with Crippen LogP contribution in [0.2, 0.25) is 0 Å². The second-order valence-corrected chi connectivity index (χ2v) is 4.44. The Labute approximate surface area is 105 Å². The van der Waals surface area contributed by atoms with Crippen LogP contribution in [0.1, 0.15) is 22.8 Å². The van der Waals surface area contributed by atoms with E-state index in [-0.39, 0.29) is 11.9 Å². The van der Waals surface area contributed by atoms with Crippen LogP contribution in [0.25, 0.3) is 0 Å². The molecular formula is C13H14N4O. The fourth-order valence-electron chi connectivity index (χ4n) is 2.32. The molecule has 1 saturated heterocycles. The van der Waals surface area contributed by atoms with Gasteiger partial charge < -0.3 is 4.90 Å². The van der Waals surface area contributed by atoms with E-state index in [0.717, 1.165) is 18.5 Å². The average molecular weight is 242 g/mol. The first-order valence-electron chi connectivity index (χ1n) is 6.05. The first-order chi connectivity index (χ1) is 8.84. The van der Waals surface area contributed by atoms with E-state index in [1.165, 1.54) is 0 Å². The lowest BCUT2D eigenvalue weighted by atomic mass is 10.2. The average Bonchev–Trinajstić information content (AvgIpc) is 3.09. The van der Waals surface area contributed by atoms with Gasteiger partial charge in [0.15, 0.2) is 0 Å². The van der Waals surface area contributed by atoms with Crippen molar-refractivity contribution < 1.29 is 4.79 Å². The van der Waals surface area contributed by atoms with Crippen molar-refractivity contribution in [3.8, 4) is 0 Å². The molecule has 3 rings (SSSR count). The number of benzene rings is 1. The fraction of sp³-hybridized carbons (Fsp3) is 0.308. The van der Waals surface area contributed by atoms with E-state index in [1.807, 2.05) is 46.1 Å². The molecule has 5 heteroatoms. The zero-order valence-electron chi connectivity index (χ0n) is 9.94. The number of carbonyl (C=O) groups is 1. The highest BCUT2D eigenvalue weighted by Crippen LogP contribution is 2.21. The van der Waals surface area contributed by atoms with Gasteiger partial charge in [0.2, 0.25) is 0 Å². The quantitative estimate of drug-likeness (QED) is 0.799. The largest absolute Gasteiger partial charge is 0.336 e. The van der Waals surface area contributed by atoms with Crippen molar-refractivity contribution in [3.05, 3.63) is 48.3 Å². The van der Waals surface area contributed by atoms with Crippen LogP contribution >= 0.6 is 0 Å². The molecule has 5 nitrogen and oxygen atoms in total. The van der Waals surface area contributed by atoms with Crippen LogP contribution in [0, 0.1) is 0 Å². The smallest absolute Gasteiger partial charge is 0.253 e. The van der Waals surface area contributed by atoms with Gasteiger partial charge in [-0.1, -0.05) is 23.4 Å². The van der Waals surface area contributed by atoms with Gasteiger partial charge in [0.25, 0.3) is 5.91 Å². The van der Waals surface area contributed by atoms with E-state index in [4.69, 9.17) is 0 Å². The Morgan fingerprint density at radius 1 is 1.28 bits per heavy atom. The summed E-state index contributed by atoms with van der Waals surface area (Å²) < 4.78 is 1.83. The van der Waals surface area contributed by atoms with Gasteiger partial charge >= 0.3 is 0 Å². The number of hydrogen-bond acceptors (Lipinski definition) is 3. The van der Waals surface area contributed by atoms with Crippen LogP contribution in [-0.4, -0.2) is 38.9 Å². The van der Waals surface area contributed by atoms with Gasteiger partial charge in [-0.3, -0.25) is 4.79 Å². The van der Waals surface area contributed by atoms with Crippen LogP contribution in [0.5, 0.6) is 0 Å². The van der Waals surface area contributed by atoms with Gasteiger partial charge in [-0.2, -0.15) is 0 Å². The standard InChI is InChI=1S/C13H14N4O/c18-13(11-4-2-1-3-5-11)16-8-6-12(10-16)17-9-7-14-15-17/h1-5,7,9,12H,6,8,10H2. The van der Waals surface area contributed by atoms with Crippen molar-refractivity contribution in [1.82, 2.24) is 19.9 Å². The van der Waals surface area contributed by atoms with E-state index in [2.05, 4.69) is 10.3 Å². The van der Waals surface area contributed by atoms with E-state index in [9.17, 15) is 4.79 Å². The molecule has 1 unspecified atom stereocenters. The summed E-state index contributed by atoms with van der Waals surface area (Å²) >= 11 is 0. The van der Waals surface area contributed by atoms with Crippen LogP contribution in [0.3, 0.4) is 0 Å². The third-order valence-corrected chi connectivity index (χ3v) is 3.29. The maximum atomic E-state index is 12.2. The van der Waals surface area contributed by atoms with Crippen LogP contribution in [0.15, 0.2) is 42.7 Å². The van der Waals surface area contributed by atoms with Gasteiger partial charge in [-0.05, 0) is 18.6 Å². The summed E-state index contributed by atoms with van der Waals surface area (Å²) in [4.78, 5) is 14.1. The second-order valence-electron chi connectivity index (χ2n) is 4.44. The highest BCUT2D eigenvalue weighted by molar-refractivity contribution is 5.94. The SMILES string of the molecule is O=C(c1ccccc1)N1CCC(n2ccnn2)C1. The lowest BCUT2D eigenvalue weighted by Crippen LogP contribution is -2.29. The minimum absolute atomic E-state index is 0.0956. The molecular weight excluding hydrogens is 228 g/mol. The Morgan fingerprint density at radius 2 is 2.11 bits per heavy atom. The van der Waals surface area contributed by atoms with Gasteiger partial charge in [0.1, 0.15) is 0 Å². The molecule has 0 spiro atoms. The number of aromatic nitrogens is 3. The molecule has 1 aromatic heterocycles. The van der Waals surface area contributed by atoms with E-state index >= 15 is 0 Å². The minimum atomic E-state index is 0.0956. The normalized spacial score (nSPS) is 19.1. The summed E-state index contributed by atoms with van der Waals surface area (Å²) in [5, 5.41) is 7.80. The molecule has 0 N–H and O–H groups in total. The van der Waals surface area contributed by atoms with Crippen molar-refractivity contribution in [3.63, 3.8) is 0 Å². The fourth-order valence-corrected chi connectivity index (χ4v) is 2.32. The van der Waals surface area contributed by atoms with E-state index in [0.29, 0.717) is 6.54 Å². The number of hydrogen-bond donors (Lipinski definition) is 0. The maximum absolute atomic E-state index is 12.2. The number of rotatable bonds is 2. The molecule has 1 aromatic carbocycles. The topological polar surface area (TPSA) is 51.0 Å². The Hall–Kier alpha value is -2.17. The van der Waals surface area contributed by atoms with E-state index in [1.54, 1.807) is 6.20 Å². The minimum Gasteiger partial charge on any atom is -0.336 e. The van der Waals surface area contributed by atoms with Gasteiger partial charge in [-0.15, -0.1) is 5.10 Å². The third-order valence-electron chi connectivity index (χ3n) is 3.29. The molecule has 1 fully saturated rings. The molecule has 1 aliphatic heterocycles. The summed E-state index contributed by atoms with van der Waals surface area (Å²) in [6.07, 6.45) is 4.45. The van der Waals surface area contributed by atoms with E-state index < -0.39 is 0 Å². The summed E-state index contributed by atoms with van der Waals surface area (Å²) in [7, 11) is 0. The molecule has 0 saturated carbocycles. The molecule has 1 atom stereocenters. The molecule has 92 valence electrons. The Kier molecular flexibility index (Phi) is 2.80. The molecule has 2 aromatic rings. The molecule has 2 heterocycles. The molecule has 18 heavy (non-hydrogen) atoms. The number of nitrogens with zero attached hydrogens (tertiary/aromatic N) is 4. The summed E-state index contributed by atoms with van der Waals surface area (Å²) in [5.41, 5.74) is 0.747. The molecule has 1 amide bonds. The van der Waals surface area contributed by atoms with Crippen LogP contribution in [-0.2, 0) is 0 Å². The summed E-state index contributed by atoms with van der Waals surface area (Å²) in [5.74, 6) is 0.0956. The first-order valence-corrected chi connectivity index (χ1v) is 6.05. The van der Waals surface area contributed by atoms with Crippen molar-refractivity contribution in [2.75, 3.05) is 13.1 Å². The second kappa shape index (κ2) is 4.60. The highest BCUT2D eigenvalue weighted by atomic mass is 16.2. The number of likely N-dealkylation sites (tertiary alicyclic amines) is 1. The Bertz CT molecular complexity index is 523. The Balaban J connectivity index is 1.71. The molecule has 0 radical (unpaired) electrons. The Morgan fingerprint density at radius 3 is 2.83 bits per heavy atom. The predicted molar refractivity (Wildman–Crippen MR) is 66.0 cm³/mol. The maximum Gasteiger partial charge on any atom is 0.253 e. The van der Waals surface area contributed by atoms with Gasteiger partial charge in [0, 0.05) is 24.8 Å². The van der Waals surface area contributed by atoms with Crippen molar-refractivity contribution in [2.24, 2.45) is 0 Å².